The second-order valence-electron chi connectivity index (χ2n) is 6.13. The van der Waals surface area contributed by atoms with Crippen molar-refractivity contribution in [2.24, 2.45) is 5.73 Å². The van der Waals surface area contributed by atoms with Crippen LogP contribution in [0.1, 0.15) is 45.8 Å². The van der Waals surface area contributed by atoms with Crippen LogP contribution in [0.4, 0.5) is 0 Å². The molecule has 2 N–H and O–H groups in total. The highest BCUT2D eigenvalue weighted by molar-refractivity contribution is 5.85. The van der Waals surface area contributed by atoms with Gasteiger partial charge in [0, 0.05) is 19.1 Å². The van der Waals surface area contributed by atoms with E-state index in [1.807, 2.05) is 13.8 Å². The van der Waals surface area contributed by atoms with Crippen LogP contribution in [-0.2, 0) is 12.1 Å². The molecule has 22 heavy (non-hydrogen) atoms. The van der Waals surface area contributed by atoms with E-state index in [1.54, 1.807) is 0 Å². The van der Waals surface area contributed by atoms with Crippen LogP contribution < -0.4 is 5.73 Å². The minimum atomic E-state index is -0.545. The molecule has 1 aromatic heterocycles. The number of aromatic nitrogens is 2. The first-order valence-electron chi connectivity index (χ1n) is 7.52. The van der Waals surface area contributed by atoms with Gasteiger partial charge in [0.05, 0.1) is 12.1 Å². The van der Waals surface area contributed by atoms with Crippen LogP contribution in [-0.4, -0.2) is 52.2 Å². The minimum Gasteiger partial charge on any atom is -0.338 e. The second kappa shape index (κ2) is 9.03. The Morgan fingerprint density at radius 2 is 1.95 bits per heavy atom. The molecule has 1 atom stereocenters. The Morgan fingerprint density at radius 1 is 1.32 bits per heavy atom. The average Bonchev–Trinajstić information content (AvgIpc) is 3.00. The van der Waals surface area contributed by atoms with Gasteiger partial charge in [-0.3, -0.25) is 9.80 Å². The van der Waals surface area contributed by atoms with Crippen molar-refractivity contribution >= 4 is 24.8 Å². The second-order valence-corrected chi connectivity index (χ2v) is 6.13. The summed E-state index contributed by atoms with van der Waals surface area (Å²) in [6, 6.07) is 0.651. The first-order valence-corrected chi connectivity index (χ1v) is 7.52. The number of hydrogen-bond acceptors (Lipinski definition) is 6. The van der Waals surface area contributed by atoms with Crippen molar-refractivity contribution in [3.63, 3.8) is 0 Å². The van der Waals surface area contributed by atoms with E-state index in [-0.39, 0.29) is 24.8 Å². The molecule has 1 aliphatic heterocycles. The van der Waals surface area contributed by atoms with Crippen molar-refractivity contribution in [1.82, 2.24) is 19.9 Å². The zero-order valence-corrected chi connectivity index (χ0v) is 15.5. The molecule has 1 saturated heterocycles. The highest BCUT2D eigenvalue weighted by atomic mass is 35.5. The van der Waals surface area contributed by atoms with Crippen molar-refractivity contribution in [1.29, 1.82) is 0 Å². The molecule has 1 unspecified atom stereocenters. The minimum absolute atomic E-state index is 0. The molecule has 0 aliphatic carbocycles. The topological polar surface area (TPSA) is 71.4 Å². The number of nitrogens with two attached hydrogens (primary N) is 1. The normalized spacial score (nSPS) is 19.1. The van der Waals surface area contributed by atoms with E-state index in [0.717, 1.165) is 32.7 Å². The van der Waals surface area contributed by atoms with Gasteiger partial charge in [-0.05, 0) is 33.4 Å². The molecule has 2 rings (SSSR count). The van der Waals surface area contributed by atoms with Gasteiger partial charge in [0.1, 0.15) is 0 Å². The Kier molecular flexibility index (Phi) is 8.87. The van der Waals surface area contributed by atoms with E-state index < -0.39 is 5.54 Å². The number of likely N-dealkylation sites (N-methyl/N-ethyl adjacent to an activating group) is 1. The van der Waals surface area contributed by atoms with Gasteiger partial charge in [0.2, 0.25) is 5.89 Å². The van der Waals surface area contributed by atoms with Gasteiger partial charge in [0.25, 0.3) is 0 Å². The molecule has 1 aromatic rings. The van der Waals surface area contributed by atoms with Crippen LogP contribution in [0.3, 0.4) is 0 Å². The van der Waals surface area contributed by atoms with Gasteiger partial charge in [-0.15, -0.1) is 24.8 Å². The lowest BCUT2D eigenvalue weighted by molar-refractivity contribution is 0.200. The molecule has 0 bridgehead atoms. The maximum atomic E-state index is 5.97. The van der Waals surface area contributed by atoms with E-state index in [0.29, 0.717) is 17.8 Å². The van der Waals surface area contributed by atoms with Crippen molar-refractivity contribution in [3.8, 4) is 0 Å². The zero-order chi connectivity index (χ0) is 14.8. The monoisotopic (exact) mass is 353 g/mol. The molecule has 2 heterocycles. The molecular formula is C14H29Cl2N5O. The van der Waals surface area contributed by atoms with E-state index in [9.17, 15) is 0 Å². The van der Waals surface area contributed by atoms with E-state index in [1.165, 1.54) is 6.42 Å². The van der Waals surface area contributed by atoms with Crippen molar-refractivity contribution in [2.45, 2.75) is 52.2 Å². The first-order chi connectivity index (χ1) is 9.44. The van der Waals surface area contributed by atoms with E-state index >= 15 is 0 Å². The molecule has 6 nitrogen and oxygen atoms in total. The third-order valence-corrected chi connectivity index (χ3v) is 3.98. The standard InChI is InChI=1S/C14H27N5O.2ClH/c1-5-19(6-2)11-7-8-18(9-11)10-12-16-13(17-20-12)14(3,4)15;;/h11H,5-10,15H2,1-4H3;2*1H. The molecular weight excluding hydrogens is 325 g/mol. The third kappa shape index (κ3) is 5.35. The fourth-order valence-corrected chi connectivity index (χ4v) is 2.77. The zero-order valence-electron chi connectivity index (χ0n) is 13.9. The van der Waals surface area contributed by atoms with Crippen LogP contribution >= 0.6 is 24.8 Å². The summed E-state index contributed by atoms with van der Waals surface area (Å²) in [6.45, 7) is 13.3. The molecule has 1 fully saturated rings. The molecule has 8 heteroatoms. The number of hydrogen-bond donors (Lipinski definition) is 1. The Labute approximate surface area is 145 Å². The van der Waals surface area contributed by atoms with Crippen molar-refractivity contribution in [2.75, 3.05) is 26.2 Å². The highest BCUT2D eigenvalue weighted by Gasteiger charge is 2.28. The lowest BCUT2D eigenvalue weighted by atomic mass is 10.1. The quantitative estimate of drug-likeness (QED) is 0.843. The lowest BCUT2D eigenvalue weighted by Gasteiger charge is -2.25. The summed E-state index contributed by atoms with van der Waals surface area (Å²) < 4.78 is 5.31. The van der Waals surface area contributed by atoms with Gasteiger partial charge in [-0.2, -0.15) is 4.98 Å². The smallest absolute Gasteiger partial charge is 0.240 e. The Bertz CT molecular complexity index is 431. The predicted molar refractivity (Wildman–Crippen MR) is 92.6 cm³/mol. The molecule has 130 valence electrons. The Morgan fingerprint density at radius 3 is 2.45 bits per heavy atom. The molecule has 1 aliphatic rings. The van der Waals surface area contributed by atoms with Crippen LogP contribution in [0, 0.1) is 0 Å². The summed E-state index contributed by atoms with van der Waals surface area (Å²) in [4.78, 5) is 9.29. The Balaban J connectivity index is 0.00000220. The fraction of sp³-hybridized carbons (Fsp3) is 0.857. The van der Waals surface area contributed by atoms with Crippen molar-refractivity contribution < 1.29 is 4.52 Å². The number of nitrogens with zero attached hydrogens (tertiary/aromatic N) is 4. The molecule has 0 spiro atoms. The summed E-state index contributed by atoms with van der Waals surface area (Å²) in [7, 11) is 0. The summed E-state index contributed by atoms with van der Waals surface area (Å²) in [5.41, 5.74) is 5.43. The largest absolute Gasteiger partial charge is 0.338 e. The number of rotatable bonds is 6. The van der Waals surface area contributed by atoms with Crippen LogP contribution in [0.2, 0.25) is 0 Å². The lowest BCUT2D eigenvalue weighted by Crippen LogP contribution is -2.37. The summed E-state index contributed by atoms with van der Waals surface area (Å²) in [5, 5.41) is 3.97. The van der Waals surface area contributed by atoms with E-state index in [2.05, 4.69) is 33.8 Å². The number of likely N-dealkylation sites (tertiary alicyclic amines) is 1. The van der Waals surface area contributed by atoms with Gasteiger partial charge < -0.3 is 10.3 Å². The summed E-state index contributed by atoms with van der Waals surface area (Å²) in [5.74, 6) is 1.24. The van der Waals surface area contributed by atoms with Crippen LogP contribution in [0.5, 0.6) is 0 Å². The molecule has 0 aromatic carbocycles. The van der Waals surface area contributed by atoms with Crippen LogP contribution in [0.25, 0.3) is 0 Å². The highest BCUT2D eigenvalue weighted by Crippen LogP contribution is 2.18. The van der Waals surface area contributed by atoms with E-state index in [4.69, 9.17) is 10.3 Å². The first kappa shape index (κ1) is 21.6. The van der Waals surface area contributed by atoms with Gasteiger partial charge in [0.15, 0.2) is 5.82 Å². The summed E-state index contributed by atoms with van der Waals surface area (Å²) in [6.07, 6.45) is 1.21. The van der Waals surface area contributed by atoms with Crippen LogP contribution in [0.15, 0.2) is 4.52 Å². The molecule has 0 amide bonds. The fourth-order valence-electron chi connectivity index (χ4n) is 2.77. The maximum Gasteiger partial charge on any atom is 0.240 e. The van der Waals surface area contributed by atoms with Gasteiger partial charge in [-0.1, -0.05) is 19.0 Å². The summed E-state index contributed by atoms with van der Waals surface area (Å²) >= 11 is 0. The van der Waals surface area contributed by atoms with Gasteiger partial charge >= 0.3 is 0 Å². The predicted octanol–water partition coefficient (Wildman–Crippen LogP) is 2.02. The van der Waals surface area contributed by atoms with Crippen molar-refractivity contribution in [3.05, 3.63) is 11.7 Å². The maximum absolute atomic E-state index is 5.97. The Hall–Kier alpha value is -0.400. The number of halogens is 2. The average molecular weight is 354 g/mol. The molecule has 0 radical (unpaired) electrons. The third-order valence-electron chi connectivity index (χ3n) is 3.98. The SMILES string of the molecule is CCN(CC)C1CCN(Cc2nc(C(C)(C)N)no2)C1.Cl.Cl. The molecule has 0 saturated carbocycles. The van der Waals surface area contributed by atoms with Gasteiger partial charge in [-0.25, -0.2) is 0 Å².